The molecule has 2 aliphatic rings. The van der Waals surface area contributed by atoms with Crippen molar-refractivity contribution in [2.24, 2.45) is 0 Å². The van der Waals surface area contributed by atoms with Crippen LogP contribution in [0, 0.1) is 6.92 Å². The first kappa shape index (κ1) is 21.0. The predicted molar refractivity (Wildman–Crippen MR) is 127 cm³/mol. The molecule has 0 unspecified atom stereocenters. The highest BCUT2D eigenvalue weighted by Gasteiger charge is 2.43. The van der Waals surface area contributed by atoms with Crippen LogP contribution >= 0.6 is 0 Å². The van der Waals surface area contributed by atoms with Crippen LogP contribution in [0.5, 0.6) is 5.75 Å². The molecule has 0 aromatic heterocycles. The third-order valence-corrected chi connectivity index (χ3v) is 6.43. The van der Waals surface area contributed by atoms with E-state index < -0.39 is 0 Å². The van der Waals surface area contributed by atoms with Crippen molar-refractivity contribution in [1.29, 1.82) is 0 Å². The van der Waals surface area contributed by atoms with Gasteiger partial charge in [0, 0.05) is 18.7 Å². The zero-order valence-electron chi connectivity index (χ0n) is 18.9. The van der Waals surface area contributed by atoms with Crippen molar-refractivity contribution in [3.63, 3.8) is 0 Å². The summed E-state index contributed by atoms with van der Waals surface area (Å²) in [5.41, 5.74) is 6.08. The van der Waals surface area contributed by atoms with E-state index in [2.05, 4.69) is 17.0 Å². The summed E-state index contributed by atoms with van der Waals surface area (Å²) >= 11 is 0. The standard InChI is InChI=1S/C28H26N2O3/c1-19-11-13-20(14-12-19)17-30-27(31)25(23-9-5-6-10-24(23)33-2)26(28(30)32)29-16-15-21-7-3-4-8-22(21)18-29/h3-14H,15-18H2,1-2H3. The van der Waals surface area contributed by atoms with Crippen molar-refractivity contribution < 1.29 is 14.3 Å². The predicted octanol–water partition coefficient (Wildman–Crippen LogP) is 4.34. The minimum Gasteiger partial charge on any atom is -0.496 e. The smallest absolute Gasteiger partial charge is 0.278 e. The van der Waals surface area contributed by atoms with Gasteiger partial charge in [-0.25, -0.2) is 0 Å². The molecule has 0 aliphatic carbocycles. The van der Waals surface area contributed by atoms with Gasteiger partial charge in [-0.05, 0) is 36.1 Å². The number of hydrogen-bond donors (Lipinski definition) is 0. The van der Waals surface area contributed by atoms with E-state index in [1.54, 1.807) is 7.11 Å². The van der Waals surface area contributed by atoms with Gasteiger partial charge in [0.15, 0.2) is 0 Å². The lowest BCUT2D eigenvalue weighted by atomic mass is 9.97. The number of ether oxygens (including phenoxy) is 1. The molecule has 0 radical (unpaired) electrons. The monoisotopic (exact) mass is 438 g/mol. The number of imide groups is 1. The second kappa shape index (κ2) is 8.58. The van der Waals surface area contributed by atoms with Crippen LogP contribution in [-0.4, -0.2) is 35.3 Å². The number of methoxy groups -OCH3 is 1. The Labute approximate surface area is 193 Å². The average Bonchev–Trinajstić information content (AvgIpc) is 3.09. The molecule has 0 bridgehead atoms. The summed E-state index contributed by atoms with van der Waals surface area (Å²) in [7, 11) is 1.58. The van der Waals surface area contributed by atoms with Gasteiger partial charge in [0.25, 0.3) is 11.8 Å². The SMILES string of the molecule is COc1ccccc1C1=C(N2CCc3ccccc3C2)C(=O)N(Cc2ccc(C)cc2)C1=O. The number of amides is 2. The van der Waals surface area contributed by atoms with Gasteiger partial charge in [-0.2, -0.15) is 0 Å². The Hall–Kier alpha value is -3.86. The molecule has 166 valence electrons. The number of para-hydroxylation sites is 1. The maximum atomic E-state index is 13.7. The topological polar surface area (TPSA) is 49.9 Å². The lowest BCUT2D eigenvalue weighted by Crippen LogP contribution is -2.37. The molecular weight excluding hydrogens is 412 g/mol. The van der Waals surface area contributed by atoms with Gasteiger partial charge in [0.05, 0.1) is 19.2 Å². The van der Waals surface area contributed by atoms with Crippen LogP contribution in [-0.2, 0) is 29.1 Å². The summed E-state index contributed by atoms with van der Waals surface area (Å²) in [4.78, 5) is 30.9. The largest absolute Gasteiger partial charge is 0.496 e. The minimum atomic E-state index is -0.279. The van der Waals surface area contributed by atoms with Gasteiger partial charge in [-0.3, -0.25) is 14.5 Å². The van der Waals surface area contributed by atoms with E-state index in [-0.39, 0.29) is 18.4 Å². The van der Waals surface area contributed by atoms with E-state index in [0.29, 0.717) is 35.7 Å². The fourth-order valence-electron chi connectivity index (χ4n) is 4.66. The molecule has 5 nitrogen and oxygen atoms in total. The molecule has 2 amide bonds. The number of fused-ring (bicyclic) bond motifs is 1. The molecule has 0 spiro atoms. The third-order valence-electron chi connectivity index (χ3n) is 6.43. The Kier molecular flexibility index (Phi) is 5.47. The number of nitrogens with zero attached hydrogens (tertiary/aromatic N) is 2. The van der Waals surface area contributed by atoms with E-state index in [1.807, 2.05) is 67.6 Å². The molecule has 33 heavy (non-hydrogen) atoms. The Morgan fingerprint density at radius 1 is 0.848 bits per heavy atom. The Bertz CT molecular complexity index is 1260. The van der Waals surface area contributed by atoms with Crippen LogP contribution in [0.25, 0.3) is 5.57 Å². The lowest BCUT2D eigenvalue weighted by molar-refractivity contribution is -0.138. The van der Waals surface area contributed by atoms with Gasteiger partial charge in [0.2, 0.25) is 0 Å². The normalized spacial score (nSPS) is 15.8. The second-order valence-electron chi connectivity index (χ2n) is 8.55. The average molecular weight is 439 g/mol. The number of benzene rings is 3. The highest BCUT2D eigenvalue weighted by Crippen LogP contribution is 2.38. The Balaban J connectivity index is 1.58. The molecular formula is C28H26N2O3. The van der Waals surface area contributed by atoms with E-state index in [4.69, 9.17) is 4.74 Å². The maximum absolute atomic E-state index is 13.7. The van der Waals surface area contributed by atoms with E-state index in [9.17, 15) is 9.59 Å². The first-order chi connectivity index (χ1) is 16.1. The summed E-state index contributed by atoms with van der Waals surface area (Å²) < 4.78 is 5.57. The fraction of sp³-hybridized carbons (Fsp3) is 0.214. The number of carbonyl (C=O) groups excluding carboxylic acids is 2. The van der Waals surface area contributed by atoms with Crippen molar-refractivity contribution in [2.45, 2.75) is 26.4 Å². The van der Waals surface area contributed by atoms with Crippen molar-refractivity contribution in [1.82, 2.24) is 9.80 Å². The van der Waals surface area contributed by atoms with Crippen molar-refractivity contribution in [2.75, 3.05) is 13.7 Å². The van der Waals surface area contributed by atoms with Crippen molar-refractivity contribution in [3.05, 3.63) is 106 Å². The molecule has 3 aromatic rings. The van der Waals surface area contributed by atoms with E-state index in [1.165, 1.54) is 16.0 Å². The number of carbonyl (C=O) groups is 2. The Morgan fingerprint density at radius 2 is 1.55 bits per heavy atom. The lowest BCUT2D eigenvalue weighted by Gasteiger charge is -2.31. The first-order valence-electron chi connectivity index (χ1n) is 11.2. The molecule has 0 atom stereocenters. The highest BCUT2D eigenvalue weighted by molar-refractivity contribution is 6.35. The van der Waals surface area contributed by atoms with Crippen LogP contribution in [0.4, 0.5) is 0 Å². The summed E-state index contributed by atoms with van der Waals surface area (Å²) in [6, 6.07) is 23.6. The molecule has 0 fully saturated rings. The van der Waals surface area contributed by atoms with Gasteiger partial charge >= 0.3 is 0 Å². The van der Waals surface area contributed by atoms with Crippen LogP contribution < -0.4 is 4.74 Å². The minimum absolute atomic E-state index is 0.241. The molecule has 0 saturated heterocycles. The third kappa shape index (κ3) is 3.80. The van der Waals surface area contributed by atoms with Crippen LogP contribution in [0.3, 0.4) is 0 Å². The second-order valence-corrected chi connectivity index (χ2v) is 8.55. The van der Waals surface area contributed by atoms with E-state index >= 15 is 0 Å². The number of rotatable bonds is 5. The number of hydrogen-bond acceptors (Lipinski definition) is 4. The fourth-order valence-corrected chi connectivity index (χ4v) is 4.66. The van der Waals surface area contributed by atoms with Gasteiger partial charge in [0.1, 0.15) is 11.4 Å². The van der Waals surface area contributed by atoms with Crippen LogP contribution in [0.1, 0.15) is 27.8 Å². The first-order valence-corrected chi connectivity index (χ1v) is 11.2. The molecule has 2 aliphatic heterocycles. The molecule has 3 aromatic carbocycles. The summed E-state index contributed by atoms with van der Waals surface area (Å²) in [5, 5.41) is 0. The van der Waals surface area contributed by atoms with Gasteiger partial charge in [-0.15, -0.1) is 0 Å². The summed E-state index contributed by atoms with van der Waals surface area (Å²) in [5.74, 6) is 0.0561. The van der Waals surface area contributed by atoms with Gasteiger partial charge < -0.3 is 9.64 Å². The molecule has 2 heterocycles. The zero-order chi connectivity index (χ0) is 22.9. The van der Waals surface area contributed by atoms with Crippen LogP contribution in [0.15, 0.2) is 78.5 Å². The maximum Gasteiger partial charge on any atom is 0.278 e. The zero-order valence-corrected chi connectivity index (χ0v) is 18.9. The van der Waals surface area contributed by atoms with Crippen molar-refractivity contribution >= 4 is 17.4 Å². The van der Waals surface area contributed by atoms with Crippen LogP contribution in [0.2, 0.25) is 0 Å². The molecule has 0 saturated carbocycles. The van der Waals surface area contributed by atoms with E-state index in [0.717, 1.165) is 17.5 Å². The number of aryl methyl sites for hydroxylation is 1. The molecule has 5 rings (SSSR count). The summed E-state index contributed by atoms with van der Waals surface area (Å²) in [6.45, 7) is 3.54. The van der Waals surface area contributed by atoms with Gasteiger partial charge in [-0.1, -0.05) is 72.3 Å². The quantitative estimate of drug-likeness (QED) is 0.556. The highest BCUT2D eigenvalue weighted by atomic mass is 16.5. The van der Waals surface area contributed by atoms with Crippen molar-refractivity contribution in [3.8, 4) is 5.75 Å². The molecule has 5 heteroatoms. The summed E-state index contributed by atoms with van der Waals surface area (Å²) in [6.07, 6.45) is 0.832. The molecule has 0 N–H and O–H groups in total. The Morgan fingerprint density at radius 3 is 2.30 bits per heavy atom.